The van der Waals surface area contributed by atoms with Crippen LogP contribution in [0.4, 0.5) is 8.78 Å². The zero-order chi connectivity index (χ0) is 12.8. The van der Waals surface area contributed by atoms with Crippen LogP contribution in [0.2, 0.25) is 0 Å². The maximum Gasteiger partial charge on any atom is 0.257 e. The molecule has 0 aliphatic carbocycles. The zero-order valence-corrected chi connectivity index (χ0v) is 10.4. The number of carbonyl (C=O) groups is 1. The van der Waals surface area contributed by atoms with Gasteiger partial charge in [0.05, 0.1) is 5.56 Å². The van der Waals surface area contributed by atoms with Crippen LogP contribution in [-0.4, -0.2) is 35.7 Å². The smallest absolute Gasteiger partial charge is 0.257 e. The molecule has 0 aromatic heterocycles. The van der Waals surface area contributed by atoms with Gasteiger partial charge in [0.1, 0.15) is 0 Å². The maximum absolute atomic E-state index is 13.4. The third-order valence-electron chi connectivity index (χ3n) is 2.18. The van der Waals surface area contributed by atoms with Crippen LogP contribution in [0.1, 0.15) is 10.4 Å². The largest absolute Gasteiger partial charge is 0.336 e. The number of benzene rings is 1. The van der Waals surface area contributed by atoms with E-state index in [-0.39, 0.29) is 30.4 Å². The van der Waals surface area contributed by atoms with Gasteiger partial charge in [-0.3, -0.25) is 4.79 Å². The van der Waals surface area contributed by atoms with Gasteiger partial charge in [-0.05, 0) is 12.1 Å². The van der Waals surface area contributed by atoms with Crippen LogP contribution in [0.5, 0.6) is 0 Å². The number of alkyl halides is 2. The molecule has 0 N–H and O–H groups in total. The van der Waals surface area contributed by atoms with Gasteiger partial charge in [-0.2, -0.15) is 0 Å². The summed E-state index contributed by atoms with van der Waals surface area (Å²) in [5.41, 5.74) is -0.305. The summed E-state index contributed by atoms with van der Waals surface area (Å²) in [5.74, 6) is -2.39. The number of rotatable bonds is 5. The molecular formula is C11H11Cl2F2NO. The topological polar surface area (TPSA) is 20.3 Å². The van der Waals surface area contributed by atoms with Crippen molar-refractivity contribution in [1.29, 1.82) is 0 Å². The standard InChI is InChI=1S/C11H11Cl2F2NO/c12-4-6-16(7-5-13)11(17)8-2-1-3-9(14)10(8)15/h1-3H,4-7H2. The van der Waals surface area contributed by atoms with Gasteiger partial charge in [0.2, 0.25) is 0 Å². The molecule has 0 unspecified atom stereocenters. The molecule has 0 atom stereocenters. The molecule has 0 saturated heterocycles. The minimum Gasteiger partial charge on any atom is -0.336 e. The van der Waals surface area contributed by atoms with Crippen LogP contribution in [0.15, 0.2) is 18.2 Å². The molecular weight excluding hydrogens is 271 g/mol. The van der Waals surface area contributed by atoms with Gasteiger partial charge < -0.3 is 4.90 Å². The Labute approximate surface area is 108 Å². The fraction of sp³-hybridized carbons (Fsp3) is 0.364. The number of halogens is 4. The van der Waals surface area contributed by atoms with E-state index in [0.717, 1.165) is 6.07 Å². The predicted molar refractivity (Wildman–Crippen MR) is 63.7 cm³/mol. The number of hydrogen-bond acceptors (Lipinski definition) is 1. The van der Waals surface area contributed by atoms with E-state index in [1.54, 1.807) is 0 Å². The first-order valence-electron chi connectivity index (χ1n) is 4.97. The van der Waals surface area contributed by atoms with E-state index in [0.29, 0.717) is 0 Å². The number of hydrogen-bond donors (Lipinski definition) is 0. The van der Waals surface area contributed by atoms with Crippen LogP contribution in [0.25, 0.3) is 0 Å². The summed E-state index contributed by atoms with van der Waals surface area (Å²) in [4.78, 5) is 13.2. The highest BCUT2D eigenvalue weighted by Crippen LogP contribution is 2.14. The van der Waals surface area contributed by atoms with Crippen LogP contribution in [0.3, 0.4) is 0 Å². The minimum atomic E-state index is -1.15. The van der Waals surface area contributed by atoms with Crippen molar-refractivity contribution in [3.05, 3.63) is 35.4 Å². The molecule has 0 radical (unpaired) electrons. The Morgan fingerprint density at radius 1 is 1.18 bits per heavy atom. The van der Waals surface area contributed by atoms with Crippen molar-refractivity contribution in [1.82, 2.24) is 4.90 Å². The highest BCUT2D eigenvalue weighted by atomic mass is 35.5. The predicted octanol–water partition coefficient (Wildman–Crippen LogP) is 2.88. The second kappa shape index (κ2) is 6.77. The molecule has 0 fully saturated rings. The first-order chi connectivity index (χ1) is 8.11. The highest BCUT2D eigenvalue weighted by molar-refractivity contribution is 6.18. The van der Waals surface area contributed by atoms with Crippen molar-refractivity contribution in [2.24, 2.45) is 0 Å². The zero-order valence-electron chi connectivity index (χ0n) is 8.93. The Bertz CT molecular complexity index is 395. The van der Waals surface area contributed by atoms with Gasteiger partial charge in [0.25, 0.3) is 5.91 Å². The van der Waals surface area contributed by atoms with E-state index < -0.39 is 17.5 Å². The lowest BCUT2D eigenvalue weighted by molar-refractivity contribution is 0.0769. The SMILES string of the molecule is O=C(c1cccc(F)c1F)N(CCCl)CCCl. The number of carbonyl (C=O) groups excluding carboxylic acids is 1. The van der Waals surface area contributed by atoms with E-state index in [2.05, 4.69) is 0 Å². The first-order valence-corrected chi connectivity index (χ1v) is 6.04. The van der Waals surface area contributed by atoms with Gasteiger partial charge in [-0.25, -0.2) is 8.78 Å². The van der Waals surface area contributed by atoms with Crippen LogP contribution >= 0.6 is 23.2 Å². The summed E-state index contributed by atoms with van der Waals surface area (Å²) >= 11 is 11.1. The van der Waals surface area contributed by atoms with Crippen molar-refractivity contribution in [3.63, 3.8) is 0 Å². The summed E-state index contributed by atoms with van der Waals surface area (Å²) in [6.45, 7) is 0.478. The van der Waals surface area contributed by atoms with Gasteiger partial charge in [-0.1, -0.05) is 6.07 Å². The lowest BCUT2D eigenvalue weighted by Crippen LogP contribution is -2.35. The summed E-state index contributed by atoms with van der Waals surface area (Å²) in [6.07, 6.45) is 0. The lowest BCUT2D eigenvalue weighted by Gasteiger charge is -2.20. The quantitative estimate of drug-likeness (QED) is 0.760. The van der Waals surface area contributed by atoms with Crippen molar-refractivity contribution in [2.75, 3.05) is 24.8 Å². The molecule has 1 aromatic rings. The second-order valence-electron chi connectivity index (χ2n) is 3.27. The lowest BCUT2D eigenvalue weighted by atomic mass is 10.1. The molecule has 1 amide bonds. The monoisotopic (exact) mass is 281 g/mol. The average molecular weight is 282 g/mol. The van der Waals surface area contributed by atoms with Crippen molar-refractivity contribution in [2.45, 2.75) is 0 Å². The fourth-order valence-electron chi connectivity index (χ4n) is 1.36. The Kier molecular flexibility index (Phi) is 5.65. The van der Waals surface area contributed by atoms with Crippen LogP contribution < -0.4 is 0 Å². The average Bonchev–Trinajstić information content (AvgIpc) is 2.31. The van der Waals surface area contributed by atoms with E-state index >= 15 is 0 Å². The third kappa shape index (κ3) is 3.54. The molecule has 1 aromatic carbocycles. The van der Waals surface area contributed by atoms with E-state index in [9.17, 15) is 13.6 Å². The van der Waals surface area contributed by atoms with E-state index in [1.165, 1.54) is 17.0 Å². The molecule has 17 heavy (non-hydrogen) atoms. The molecule has 0 spiro atoms. The second-order valence-corrected chi connectivity index (χ2v) is 4.03. The fourth-order valence-corrected chi connectivity index (χ4v) is 1.77. The summed E-state index contributed by atoms with van der Waals surface area (Å²) in [7, 11) is 0. The maximum atomic E-state index is 13.4. The molecule has 0 saturated carbocycles. The Balaban J connectivity index is 2.96. The van der Waals surface area contributed by atoms with E-state index in [1.807, 2.05) is 0 Å². The Morgan fingerprint density at radius 2 is 1.76 bits per heavy atom. The van der Waals surface area contributed by atoms with Gasteiger partial charge in [-0.15, -0.1) is 23.2 Å². The van der Waals surface area contributed by atoms with Gasteiger partial charge in [0.15, 0.2) is 11.6 Å². The minimum absolute atomic E-state index is 0.208. The number of amides is 1. The molecule has 0 aliphatic rings. The molecule has 0 aliphatic heterocycles. The summed E-state index contributed by atoms with van der Waals surface area (Å²) in [5, 5.41) is 0. The molecule has 0 heterocycles. The van der Waals surface area contributed by atoms with Crippen LogP contribution in [-0.2, 0) is 0 Å². The first kappa shape index (κ1) is 14.2. The van der Waals surface area contributed by atoms with E-state index in [4.69, 9.17) is 23.2 Å². The normalized spacial score (nSPS) is 10.4. The van der Waals surface area contributed by atoms with Crippen LogP contribution in [0, 0.1) is 11.6 Å². The molecule has 1 rings (SSSR count). The number of nitrogens with zero attached hydrogens (tertiary/aromatic N) is 1. The van der Waals surface area contributed by atoms with Gasteiger partial charge in [0, 0.05) is 24.8 Å². The molecule has 6 heteroatoms. The molecule has 0 bridgehead atoms. The highest BCUT2D eigenvalue weighted by Gasteiger charge is 2.20. The van der Waals surface area contributed by atoms with Crippen molar-refractivity contribution in [3.8, 4) is 0 Å². The molecule has 94 valence electrons. The summed E-state index contributed by atoms with van der Waals surface area (Å²) in [6, 6.07) is 3.47. The van der Waals surface area contributed by atoms with Crippen molar-refractivity contribution >= 4 is 29.1 Å². The Hall–Kier alpha value is -0.870. The third-order valence-corrected chi connectivity index (χ3v) is 2.52. The Morgan fingerprint density at radius 3 is 2.29 bits per heavy atom. The van der Waals surface area contributed by atoms with Gasteiger partial charge >= 0.3 is 0 Å². The van der Waals surface area contributed by atoms with Crippen molar-refractivity contribution < 1.29 is 13.6 Å². The molecule has 2 nitrogen and oxygen atoms in total. The summed E-state index contributed by atoms with van der Waals surface area (Å²) < 4.78 is 26.4.